The first-order chi connectivity index (χ1) is 10.6. The van der Waals surface area contributed by atoms with Crippen LogP contribution in [0, 0.1) is 13.8 Å². The summed E-state index contributed by atoms with van der Waals surface area (Å²) in [4.78, 5) is 0. The van der Waals surface area contributed by atoms with E-state index in [1.54, 1.807) is 23.1 Å². The first-order valence-electron chi connectivity index (χ1n) is 7.87. The molecule has 0 radical (unpaired) electrons. The molecular weight excluding hydrogens is 308 g/mol. The van der Waals surface area contributed by atoms with Gasteiger partial charge in [-0.05, 0) is 47.6 Å². The summed E-state index contributed by atoms with van der Waals surface area (Å²) in [7, 11) is -3.16. The lowest BCUT2D eigenvalue weighted by Gasteiger charge is -2.22. The summed E-state index contributed by atoms with van der Waals surface area (Å²) in [5.41, 5.74) is 4.34. The van der Waals surface area contributed by atoms with E-state index in [-0.39, 0.29) is 16.9 Å². The Morgan fingerprint density at radius 3 is 2.22 bits per heavy atom. The maximum Gasteiger partial charge on any atom is 0.156 e. The van der Waals surface area contributed by atoms with Gasteiger partial charge >= 0.3 is 0 Å². The third-order valence-corrected chi connectivity index (χ3v) is 5.65. The molecule has 126 valence electrons. The molecule has 2 aromatic rings. The second-order valence-electron chi connectivity index (χ2n) is 7.20. The summed E-state index contributed by atoms with van der Waals surface area (Å²) in [5, 5.41) is 4.05. The zero-order chi connectivity index (χ0) is 17.3. The Kier molecular flexibility index (Phi) is 4.99. The van der Waals surface area contributed by atoms with Gasteiger partial charge in [-0.25, -0.2) is 8.42 Å². The van der Waals surface area contributed by atoms with Crippen LogP contribution in [0.4, 0.5) is 0 Å². The van der Waals surface area contributed by atoms with Crippen molar-refractivity contribution in [2.45, 2.75) is 52.3 Å². The predicted molar refractivity (Wildman–Crippen MR) is 94.3 cm³/mol. The molecular formula is C18H26N2O2S. The van der Waals surface area contributed by atoms with Gasteiger partial charge in [0.25, 0.3) is 0 Å². The van der Waals surface area contributed by atoms with Gasteiger partial charge in [-0.3, -0.25) is 4.68 Å². The summed E-state index contributed by atoms with van der Waals surface area (Å²) < 4.78 is 26.5. The molecule has 0 fully saturated rings. The van der Waals surface area contributed by atoms with Gasteiger partial charge < -0.3 is 0 Å². The molecule has 0 amide bonds. The van der Waals surface area contributed by atoms with Crippen molar-refractivity contribution >= 4 is 9.84 Å². The third-order valence-electron chi connectivity index (χ3n) is 4.12. The number of aromatic nitrogens is 2. The Labute approximate surface area is 139 Å². The van der Waals surface area contributed by atoms with Crippen molar-refractivity contribution in [2.24, 2.45) is 0 Å². The Morgan fingerprint density at radius 1 is 1.13 bits per heavy atom. The molecule has 5 heteroatoms. The van der Waals surface area contributed by atoms with Gasteiger partial charge in [-0.15, -0.1) is 0 Å². The molecule has 0 saturated carbocycles. The van der Waals surface area contributed by atoms with Crippen LogP contribution in [0.5, 0.6) is 0 Å². The number of hydrogen-bond donors (Lipinski definition) is 0. The van der Waals surface area contributed by atoms with E-state index in [0.29, 0.717) is 6.54 Å². The average Bonchev–Trinajstić information content (AvgIpc) is 2.93. The lowest BCUT2D eigenvalue weighted by Crippen LogP contribution is -2.17. The van der Waals surface area contributed by atoms with Crippen molar-refractivity contribution in [1.29, 1.82) is 0 Å². The molecule has 0 spiro atoms. The summed E-state index contributed by atoms with van der Waals surface area (Å²) in [6.45, 7) is 10.9. The number of rotatable bonds is 5. The molecule has 0 bridgehead atoms. The van der Waals surface area contributed by atoms with Crippen molar-refractivity contribution in [1.82, 2.24) is 9.78 Å². The van der Waals surface area contributed by atoms with E-state index < -0.39 is 9.84 Å². The summed E-state index contributed by atoms with van der Waals surface area (Å²) in [6.07, 6.45) is 3.44. The van der Waals surface area contributed by atoms with Crippen LogP contribution in [-0.2, 0) is 27.5 Å². The molecule has 4 nitrogen and oxygen atoms in total. The van der Waals surface area contributed by atoms with E-state index in [1.807, 2.05) is 13.8 Å². The average molecular weight is 334 g/mol. The lowest BCUT2D eigenvalue weighted by atomic mass is 9.84. The monoisotopic (exact) mass is 334 g/mol. The topological polar surface area (TPSA) is 52.0 Å². The molecule has 0 saturated heterocycles. The Balaban J connectivity index is 2.19. The highest BCUT2D eigenvalue weighted by Crippen LogP contribution is 2.27. The molecule has 0 aliphatic rings. The van der Waals surface area contributed by atoms with Gasteiger partial charge in [0, 0.05) is 12.4 Å². The van der Waals surface area contributed by atoms with Crippen LogP contribution in [0.25, 0.3) is 0 Å². The first-order valence-corrected chi connectivity index (χ1v) is 9.69. The van der Waals surface area contributed by atoms with Crippen molar-refractivity contribution in [3.05, 3.63) is 52.8 Å². The minimum atomic E-state index is -3.16. The molecule has 1 aromatic heterocycles. The van der Waals surface area contributed by atoms with E-state index >= 15 is 0 Å². The second kappa shape index (κ2) is 6.48. The third kappa shape index (κ3) is 4.67. The molecule has 23 heavy (non-hydrogen) atoms. The van der Waals surface area contributed by atoms with Crippen molar-refractivity contribution in [3.63, 3.8) is 0 Å². The molecule has 0 aliphatic heterocycles. The van der Waals surface area contributed by atoms with Crippen LogP contribution in [0.3, 0.4) is 0 Å². The molecule has 0 N–H and O–H groups in total. The molecule has 0 aliphatic carbocycles. The SMILES string of the molecule is Cc1cc(C(C)(C)C)cc(C)c1CS(=O)(=O)CCn1cccn1. The summed E-state index contributed by atoms with van der Waals surface area (Å²) in [5.74, 6) is 0.199. The second-order valence-corrected chi connectivity index (χ2v) is 9.38. The zero-order valence-electron chi connectivity index (χ0n) is 14.6. The van der Waals surface area contributed by atoms with Gasteiger partial charge in [-0.2, -0.15) is 5.10 Å². The van der Waals surface area contributed by atoms with Gasteiger partial charge in [0.05, 0.1) is 18.1 Å². The number of sulfone groups is 1. The number of nitrogens with zero attached hydrogens (tertiary/aromatic N) is 2. The van der Waals surface area contributed by atoms with Gasteiger partial charge in [0.2, 0.25) is 0 Å². The highest BCUT2D eigenvalue weighted by atomic mass is 32.2. The van der Waals surface area contributed by atoms with Gasteiger partial charge in [0.15, 0.2) is 9.84 Å². The molecule has 0 unspecified atom stereocenters. The van der Waals surface area contributed by atoms with Gasteiger partial charge in [-0.1, -0.05) is 32.9 Å². The minimum absolute atomic E-state index is 0.0625. The first kappa shape index (κ1) is 17.7. The minimum Gasteiger partial charge on any atom is -0.272 e. The van der Waals surface area contributed by atoms with E-state index in [4.69, 9.17) is 0 Å². The summed E-state index contributed by atoms with van der Waals surface area (Å²) in [6, 6.07) is 6.03. The van der Waals surface area contributed by atoms with Crippen molar-refractivity contribution in [2.75, 3.05) is 5.75 Å². The van der Waals surface area contributed by atoms with Crippen LogP contribution in [-0.4, -0.2) is 24.0 Å². The standard InChI is InChI=1S/C18H26N2O2S/c1-14-11-16(18(3,4)5)12-15(2)17(14)13-23(21,22)10-9-20-8-6-7-19-20/h6-8,11-12H,9-10,13H2,1-5H3. The predicted octanol–water partition coefficient (Wildman–Crippen LogP) is 3.41. The highest BCUT2D eigenvalue weighted by molar-refractivity contribution is 7.90. The number of hydrogen-bond acceptors (Lipinski definition) is 3. The fourth-order valence-corrected chi connectivity index (χ4v) is 4.12. The van der Waals surface area contributed by atoms with Crippen LogP contribution in [0.2, 0.25) is 0 Å². The molecule has 1 heterocycles. The summed E-state index contributed by atoms with van der Waals surface area (Å²) >= 11 is 0. The van der Waals surface area contributed by atoms with Crippen molar-refractivity contribution in [3.8, 4) is 0 Å². The Morgan fingerprint density at radius 2 is 1.74 bits per heavy atom. The largest absolute Gasteiger partial charge is 0.272 e. The van der Waals surface area contributed by atoms with Crippen LogP contribution >= 0.6 is 0 Å². The number of benzene rings is 1. The van der Waals surface area contributed by atoms with E-state index in [1.165, 1.54) is 5.56 Å². The zero-order valence-corrected chi connectivity index (χ0v) is 15.4. The van der Waals surface area contributed by atoms with Crippen LogP contribution in [0.15, 0.2) is 30.6 Å². The van der Waals surface area contributed by atoms with E-state index in [9.17, 15) is 8.42 Å². The van der Waals surface area contributed by atoms with Crippen LogP contribution in [0.1, 0.15) is 43.0 Å². The fourth-order valence-electron chi connectivity index (χ4n) is 2.61. The fraction of sp³-hybridized carbons (Fsp3) is 0.500. The normalized spacial score (nSPS) is 12.6. The van der Waals surface area contributed by atoms with E-state index in [0.717, 1.165) is 16.7 Å². The van der Waals surface area contributed by atoms with Crippen molar-refractivity contribution < 1.29 is 8.42 Å². The molecule has 1 aromatic carbocycles. The van der Waals surface area contributed by atoms with Gasteiger partial charge in [0.1, 0.15) is 0 Å². The lowest BCUT2D eigenvalue weighted by molar-refractivity contribution is 0.579. The smallest absolute Gasteiger partial charge is 0.156 e. The molecule has 0 atom stereocenters. The Hall–Kier alpha value is -1.62. The van der Waals surface area contributed by atoms with E-state index in [2.05, 4.69) is 38.0 Å². The highest BCUT2D eigenvalue weighted by Gasteiger charge is 2.19. The maximum atomic E-state index is 12.4. The Bertz CT molecular complexity index is 747. The van der Waals surface area contributed by atoms with Crippen LogP contribution < -0.4 is 0 Å². The quantitative estimate of drug-likeness (QED) is 0.842. The number of aryl methyl sites for hydroxylation is 3. The molecule has 2 rings (SSSR count). The maximum absolute atomic E-state index is 12.4.